The van der Waals surface area contributed by atoms with Crippen molar-refractivity contribution in [2.45, 2.75) is 0 Å². The Morgan fingerprint density at radius 1 is 0.353 bits per heavy atom. The molecule has 0 saturated carbocycles. The van der Waals surface area contributed by atoms with Gasteiger partial charge in [-0.2, -0.15) is 0 Å². The highest BCUT2D eigenvalue weighted by atomic mass is 16.5. The maximum Gasteiger partial charge on any atom is 0.152 e. The number of ether oxygens (including phenoxy) is 1. The molecule has 0 N–H and O–H groups in total. The Morgan fingerprint density at radius 2 is 0.902 bits per heavy atom. The van der Waals surface area contributed by atoms with Crippen LogP contribution in [0.3, 0.4) is 0 Å². The number of furan rings is 1. The molecule has 3 heteroatoms. The first-order valence-corrected chi connectivity index (χ1v) is 17.2. The minimum Gasteiger partial charge on any atom is -0.455 e. The summed E-state index contributed by atoms with van der Waals surface area (Å²) < 4.78 is 12.8. The van der Waals surface area contributed by atoms with Crippen molar-refractivity contribution in [3.63, 3.8) is 0 Å². The zero-order valence-electron chi connectivity index (χ0n) is 27.7. The monoisotopic (exact) mass is 653 g/mol. The molecule has 51 heavy (non-hydrogen) atoms. The van der Waals surface area contributed by atoms with E-state index in [0.29, 0.717) is 0 Å². The third-order valence-electron chi connectivity index (χ3n) is 9.91. The van der Waals surface area contributed by atoms with Gasteiger partial charge >= 0.3 is 0 Å². The van der Waals surface area contributed by atoms with E-state index in [9.17, 15) is 0 Å². The first kappa shape index (κ1) is 29.1. The third-order valence-corrected chi connectivity index (χ3v) is 9.91. The van der Waals surface area contributed by atoms with Crippen molar-refractivity contribution >= 4 is 39.0 Å². The number of nitrogens with zero attached hydrogens (tertiary/aromatic N) is 1. The molecule has 0 atom stereocenters. The van der Waals surface area contributed by atoms with E-state index in [-0.39, 0.29) is 0 Å². The number of para-hydroxylation sites is 4. The second-order valence-electron chi connectivity index (χ2n) is 12.9. The lowest BCUT2D eigenvalue weighted by molar-refractivity contribution is 0.477. The maximum absolute atomic E-state index is 6.52. The number of benzene rings is 8. The van der Waals surface area contributed by atoms with E-state index in [1.807, 2.05) is 30.3 Å². The first-order chi connectivity index (χ1) is 25.3. The average Bonchev–Trinajstić information content (AvgIpc) is 3.59. The van der Waals surface area contributed by atoms with Crippen molar-refractivity contribution in [2.24, 2.45) is 0 Å². The van der Waals surface area contributed by atoms with Gasteiger partial charge < -0.3 is 14.1 Å². The highest BCUT2D eigenvalue weighted by Crippen LogP contribution is 2.51. The van der Waals surface area contributed by atoms with Gasteiger partial charge in [0.25, 0.3) is 0 Å². The topological polar surface area (TPSA) is 25.6 Å². The summed E-state index contributed by atoms with van der Waals surface area (Å²) in [6.45, 7) is 0. The standard InChI is InChI=1S/C48H31NO2/c1-2-9-32(10-3-1)33-17-19-36(20-18-33)38-27-30-44-47(31-38)50-46-16-7-5-14-43(46)49(44)39-28-25-35(26-29-39)34-21-23-37(24-22-34)40-12-8-13-42-41-11-4-6-15-45(41)51-48(40)42/h1-31H. The van der Waals surface area contributed by atoms with E-state index >= 15 is 0 Å². The molecule has 1 aliphatic heterocycles. The Balaban J connectivity index is 0.954. The lowest BCUT2D eigenvalue weighted by atomic mass is 9.98. The van der Waals surface area contributed by atoms with Crippen molar-refractivity contribution in [2.75, 3.05) is 4.90 Å². The molecule has 1 aliphatic rings. The summed E-state index contributed by atoms with van der Waals surface area (Å²) in [5.41, 5.74) is 14.2. The van der Waals surface area contributed by atoms with E-state index in [0.717, 1.165) is 83.9 Å². The van der Waals surface area contributed by atoms with E-state index in [2.05, 4.69) is 163 Å². The molecule has 1 aromatic heterocycles. The van der Waals surface area contributed by atoms with Gasteiger partial charge in [0.15, 0.2) is 11.5 Å². The molecule has 0 amide bonds. The van der Waals surface area contributed by atoms with Gasteiger partial charge in [-0.15, -0.1) is 0 Å². The molecule has 3 nitrogen and oxygen atoms in total. The van der Waals surface area contributed by atoms with Gasteiger partial charge in [0.2, 0.25) is 0 Å². The van der Waals surface area contributed by atoms with Gasteiger partial charge in [0, 0.05) is 22.0 Å². The van der Waals surface area contributed by atoms with Crippen LogP contribution in [-0.2, 0) is 0 Å². The van der Waals surface area contributed by atoms with E-state index in [4.69, 9.17) is 9.15 Å². The largest absolute Gasteiger partial charge is 0.455 e. The number of rotatable bonds is 5. The zero-order chi connectivity index (χ0) is 33.7. The molecule has 0 fully saturated rings. The Hall–Kier alpha value is -6.84. The third kappa shape index (κ3) is 5.06. The van der Waals surface area contributed by atoms with Crippen LogP contribution >= 0.6 is 0 Å². The van der Waals surface area contributed by atoms with Crippen molar-refractivity contribution in [1.29, 1.82) is 0 Å². The summed E-state index contributed by atoms with van der Waals surface area (Å²) in [6, 6.07) is 66.1. The molecule has 10 rings (SSSR count). The fourth-order valence-electron chi connectivity index (χ4n) is 7.32. The van der Waals surface area contributed by atoms with Crippen LogP contribution in [0.5, 0.6) is 11.5 Å². The molecule has 0 unspecified atom stereocenters. The Bertz CT molecular complexity index is 2690. The summed E-state index contributed by atoms with van der Waals surface area (Å²) in [5.74, 6) is 1.66. The van der Waals surface area contributed by atoms with Crippen molar-refractivity contribution in [1.82, 2.24) is 0 Å². The van der Waals surface area contributed by atoms with Gasteiger partial charge in [0.05, 0.1) is 11.4 Å². The lowest BCUT2D eigenvalue weighted by Crippen LogP contribution is -2.15. The fraction of sp³-hybridized carbons (Fsp3) is 0. The fourth-order valence-corrected chi connectivity index (χ4v) is 7.32. The van der Waals surface area contributed by atoms with Crippen molar-refractivity contribution in [3.05, 3.63) is 188 Å². The summed E-state index contributed by atoms with van der Waals surface area (Å²) in [5, 5.41) is 2.29. The van der Waals surface area contributed by atoms with Crippen LogP contribution in [-0.4, -0.2) is 0 Å². The Kier molecular flexibility index (Phi) is 6.81. The number of hydrogen-bond donors (Lipinski definition) is 0. The molecule has 0 bridgehead atoms. The SMILES string of the molecule is c1ccc(-c2ccc(-c3ccc4c(c3)Oc3ccccc3N4c3ccc(-c4ccc(-c5cccc6c5oc5ccccc56)cc4)cc3)cc2)cc1. The van der Waals surface area contributed by atoms with Crippen LogP contribution in [0.25, 0.3) is 66.4 Å². The van der Waals surface area contributed by atoms with E-state index < -0.39 is 0 Å². The second-order valence-corrected chi connectivity index (χ2v) is 12.9. The number of fused-ring (bicyclic) bond motifs is 5. The van der Waals surface area contributed by atoms with Gasteiger partial charge in [0.1, 0.15) is 11.2 Å². The normalized spacial score (nSPS) is 12.0. The predicted octanol–water partition coefficient (Wildman–Crippen LogP) is 13.8. The van der Waals surface area contributed by atoms with E-state index in [1.165, 1.54) is 11.1 Å². The van der Waals surface area contributed by atoms with Gasteiger partial charge in [-0.3, -0.25) is 0 Å². The van der Waals surface area contributed by atoms with E-state index in [1.54, 1.807) is 0 Å². The zero-order valence-corrected chi connectivity index (χ0v) is 27.7. The lowest BCUT2D eigenvalue weighted by Gasteiger charge is -2.33. The molecule has 0 spiro atoms. The Morgan fingerprint density at radius 3 is 1.67 bits per heavy atom. The highest BCUT2D eigenvalue weighted by molar-refractivity contribution is 6.09. The van der Waals surface area contributed by atoms with Crippen LogP contribution in [0.15, 0.2) is 192 Å². The molecule has 0 aliphatic carbocycles. The molecule has 9 aromatic rings. The van der Waals surface area contributed by atoms with Crippen LogP contribution in [0, 0.1) is 0 Å². The quantitative estimate of drug-likeness (QED) is 0.185. The molecule has 0 saturated heterocycles. The number of hydrogen-bond acceptors (Lipinski definition) is 3. The van der Waals surface area contributed by atoms with Crippen LogP contribution < -0.4 is 9.64 Å². The Labute approximate surface area is 296 Å². The first-order valence-electron chi connectivity index (χ1n) is 17.2. The maximum atomic E-state index is 6.52. The highest BCUT2D eigenvalue weighted by Gasteiger charge is 2.26. The van der Waals surface area contributed by atoms with Gasteiger partial charge in [-0.25, -0.2) is 0 Å². The minimum absolute atomic E-state index is 0.831. The molecule has 240 valence electrons. The molecule has 0 radical (unpaired) electrons. The second kappa shape index (κ2) is 11.9. The van der Waals surface area contributed by atoms with Crippen molar-refractivity contribution in [3.8, 4) is 56.0 Å². The molecule has 2 heterocycles. The molecule has 8 aromatic carbocycles. The van der Waals surface area contributed by atoms with Crippen molar-refractivity contribution < 1.29 is 9.15 Å². The molecular formula is C48H31NO2. The summed E-state index contributed by atoms with van der Waals surface area (Å²) in [6.07, 6.45) is 0. The van der Waals surface area contributed by atoms with Crippen LogP contribution in [0.2, 0.25) is 0 Å². The molecular weight excluding hydrogens is 623 g/mol. The van der Waals surface area contributed by atoms with Gasteiger partial charge in [-0.1, -0.05) is 146 Å². The smallest absolute Gasteiger partial charge is 0.152 e. The minimum atomic E-state index is 0.831. The van der Waals surface area contributed by atoms with Crippen LogP contribution in [0.4, 0.5) is 17.1 Å². The van der Waals surface area contributed by atoms with Gasteiger partial charge in [-0.05, 0) is 81.4 Å². The average molecular weight is 654 g/mol. The number of anilines is 3. The summed E-state index contributed by atoms with van der Waals surface area (Å²) in [7, 11) is 0. The summed E-state index contributed by atoms with van der Waals surface area (Å²) in [4.78, 5) is 2.29. The summed E-state index contributed by atoms with van der Waals surface area (Å²) >= 11 is 0. The van der Waals surface area contributed by atoms with Crippen LogP contribution in [0.1, 0.15) is 0 Å². The predicted molar refractivity (Wildman–Crippen MR) is 210 cm³/mol.